The van der Waals surface area contributed by atoms with Crippen molar-refractivity contribution in [2.45, 2.75) is 11.3 Å². The van der Waals surface area contributed by atoms with E-state index in [0.717, 1.165) is 13.0 Å². The van der Waals surface area contributed by atoms with Crippen molar-refractivity contribution in [3.8, 4) is 5.75 Å². The summed E-state index contributed by atoms with van der Waals surface area (Å²) in [5, 5.41) is 5.71. The van der Waals surface area contributed by atoms with Gasteiger partial charge in [-0.1, -0.05) is 0 Å². The maximum atomic E-state index is 12.0. The van der Waals surface area contributed by atoms with Crippen LogP contribution >= 0.6 is 0 Å². The molecule has 1 aromatic rings. The topological polar surface area (TPSA) is 96.5 Å². The molecule has 0 aromatic heterocycles. The number of methoxy groups -OCH3 is 1. The van der Waals surface area contributed by atoms with Crippen molar-refractivity contribution in [3.05, 3.63) is 23.8 Å². The molecule has 21 heavy (non-hydrogen) atoms. The highest BCUT2D eigenvalue weighted by molar-refractivity contribution is 7.89. The normalized spacial score (nSPS) is 11.2. The van der Waals surface area contributed by atoms with Gasteiger partial charge in [0.2, 0.25) is 10.0 Å². The molecule has 0 fully saturated rings. The molecule has 0 unspecified atom stereocenters. The van der Waals surface area contributed by atoms with Gasteiger partial charge in [0.05, 0.1) is 7.11 Å². The molecule has 0 saturated carbocycles. The van der Waals surface area contributed by atoms with Gasteiger partial charge in [0.25, 0.3) is 5.91 Å². The number of ether oxygens (including phenoxy) is 1. The Balaban J connectivity index is 2.95. The lowest BCUT2D eigenvalue weighted by molar-refractivity contribution is 0.0953. The van der Waals surface area contributed by atoms with Crippen LogP contribution in [0.4, 0.5) is 0 Å². The molecule has 0 saturated heterocycles. The van der Waals surface area contributed by atoms with Crippen LogP contribution in [0.5, 0.6) is 5.75 Å². The molecular weight excluding hydrogens is 294 g/mol. The molecule has 0 spiro atoms. The lowest BCUT2D eigenvalue weighted by Crippen LogP contribution is -2.27. The highest BCUT2D eigenvalue weighted by Gasteiger charge is 2.19. The maximum absolute atomic E-state index is 12.0. The minimum Gasteiger partial charge on any atom is -0.495 e. The Kier molecular flexibility index (Phi) is 6.60. The summed E-state index contributed by atoms with van der Waals surface area (Å²) in [5.41, 5.74) is 0.272. The number of carbonyl (C=O) groups excluding carboxylic acids is 1. The summed E-state index contributed by atoms with van der Waals surface area (Å²) < 4.78 is 31.1. The molecule has 3 N–H and O–H groups in total. The molecule has 0 heterocycles. The molecule has 0 aliphatic rings. The number of hydrogen-bond acceptors (Lipinski definition) is 5. The molecule has 1 aromatic carbocycles. The fourth-order valence-corrected chi connectivity index (χ4v) is 2.63. The summed E-state index contributed by atoms with van der Waals surface area (Å²) in [6.07, 6.45) is 0.792. The van der Waals surface area contributed by atoms with Gasteiger partial charge in [0.15, 0.2) is 0 Å². The maximum Gasteiger partial charge on any atom is 0.251 e. The van der Waals surface area contributed by atoms with Crippen molar-refractivity contribution < 1.29 is 17.9 Å². The van der Waals surface area contributed by atoms with E-state index in [1.54, 1.807) is 0 Å². The van der Waals surface area contributed by atoms with Crippen LogP contribution < -0.4 is 20.1 Å². The van der Waals surface area contributed by atoms with Crippen molar-refractivity contribution in [1.82, 2.24) is 15.4 Å². The van der Waals surface area contributed by atoms with Gasteiger partial charge in [-0.2, -0.15) is 0 Å². The summed E-state index contributed by atoms with van der Waals surface area (Å²) in [6.45, 7) is 1.31. The number of amides is 1. The fourth-order valence-electron chi connectivity index (χ4n) is 1.71. The molecule has 0 atom stereocenters. The van der Waals surface area contributed by atoms with E-state index in [0.29, 0.717) is 6.54 Å². The predicted molar refractivity (Wildman–Crippen MR) is 80.1 cm³/mol. The van der Waals surface area contributed by atoms with E-state index in [9.17, 15) is 13.2 Å². The second-order valence-corrected chi connectivity index (χ2v) is 6.14. The number of benzene rings is 1. The lowest BCUT2D eigenvalue weighted by atomic mass is 10.2. The van der Waals surface area contributed by atoms with Crippen LogP contribution in [0.25, 0.3) is 0 Å². The first-order chi connectivity index (χ1) is 9.96. The molecule has 0 radical (unpaired) electrons. The van der Waals surface area contributed by atoms with E-state index in [4.69, 9.17) is 4.74 Å². The third-order valence-corrected chi connectivity index (χ3v) is 4.31. The Morgan fingerprint density at radius 3 is 2.52 bits per heavy atom. The first-order valence-electron chi connectivity index (χ1n) is 6.50. The van der Waals surface area contributed by atoms with Gasteiger partial charge >= 0.3 is 0 Å². The Hall–Kier alpha value is -1.64. The molecule has 0 aliphatic carbocycles. The van der Waals surface area contributed by atoms with Crippen molar-refractivity contribution >= 4 is 15.9 Å². The molecular formula is C13H21N3O4S. The zero-order valence-corrected chi connectivity index (χ0v) is 13.2. The average molecular weight is 315 g/mol. The molecule has 8 heteroatoms. The number of sulfonamides is 1. The monoisotopic (exact) mass is 315 g/mol. The van der Waals surface area contributed by atoms with E-state index in [1.807, 2.05) is 7.05 Å². The number of hydrogen-bond donors (Lipinski definition) is 3. The first kappa shape index (κ1) is 17.4. The van der Waals surface area contributed by atoms with Gasteiger partial charge in [0.1, 0.15) is 10.6 Å². The van der Waals surface area contributed by atoms with Crippen LogP contribution in [0.15, 0.2) is 23.1 Å². The smallest absolute Gasteiger partial charge is 0.251 e. The SMILES string of the molecule is CNCCCNC(=O)c1ccc(OC)c(S(=O)(=O)NC)c1. The van der Waals surface area contributed by atoms with E-state index in [-0.39, 0.29) is 22.1 Å². The molecule has 0 bridgehead atoms. The van der Waals surface area contributed by atoms with Crippen molar-refractivity contribution in [2.75, 3.05) is 34.3 Å². The summed E-state index contributed by atoms with van der Waals surface area (Å²) in [5.74, 6) is -0.127. The van der Waals surface area contributed by atoms with E-state index < -0.39 is 10.0 Å². The minimum absolute atomic E-state index is 0.0598. The third-order valence-electron chi connectivity index (χ3n) is 2.87. The first-order valence-corrected chi connectivity index (χ1v) is 7.99. The van der Waals surface area contributed by atoms with Crippen LogP contribution in [0.3, 0.4) is 0 Å². The Labute approximate surface area is 125 Å². The fraction of sp³-hybridized carbons (Fsp3) is 0.462. The highest BCUT2D eigenvalue weighted by atomic mass is 32.2. The van der Waals surface area contributed by atoms with Crippen LogP contribution in [0.1, 0.15) is 16.8 Å². The van der Waals surface area contributed by atoms with Crippen LogP contribution in [0.2, 0.25) is 0 Å². The summed E-state index contributed by atoms with van der Waals surface area (Å²) in [4.78, 5) is 11.9. The van der Waals surface area contributed by atoms with Gasteiger partial charge in [-0.25, -0.2) is 13.1 Å². The standard InChI is InChI=1S/C13H21N3O4S/c1-14-7-4-8-16-13(17)10-5-6-11(20-3)12(9-10)21(18,19)15-2/h5-6,9,14-15H,4,7-8H2,1-3H3,(H,16,17). The van der Waals surface area contributed by atoms with E-state index in [2.05, 4.69) is 15.4 Å². The van der Waals surface area contributed by atoms with Crippen molar-refractivity contribution in [1.29, 1.82) is 0 Å². The predicted octanol–water partition coefficient (Wildman–Crippen LogP) is -0.0574. The third kappa shape index (κ3) is 4.69. The van der Waals surface area contributed by atoms with Crippen LogP contribution in [-0.2, 0) is 10.0 Å². The Morgan fingerprint density at radius 2 is 1.95 bits per heavy atom. The molecule has 7 nitrogen and oxygen atoms in total. The number of rotatable bonds is 8. The summed E-state index contributed by atoms with van der Waals surface area (Å²) in [6, 6.07) is 4.30. The average Bonchev–Trinajstić information content (AvgIpc) is 2.50. The minimum atomic E-state index is -3.69. The largest absolute Gasteiger partial charge is 0.495 e. The zero-order chi connectivity index (χ0) is 15.9. The lowest BCUT2D eigenvalue weighted by Gasteiger charge is -2.11. The number of nitrogens with one attached hydrogen (secondary N) is 3. The zero-order valence-electron chi connectivity index (χ0n) is 12.4. The van der Waals surface area contributed by atoms with E-state index in [1.165, 1.54) is 32.4 Å². The van der Waals surface area contributed by atoms with Crippen molar-refractivity contribution in [3.63, 3.8) is 0 Å². The second kappa shape index (κ2) is 7.96. The number of carbonyl (C=O) groups is 1. The summed E-state index contributed by atoms with van der Waals surface area (Å²) >= 11 is 0. The van der Waals surface area contributed by atoms with Gasteiger partial charge in [0, 0.05) is 12.1 Å². The summed E-state index contributed by atoms with van der Waals surface area (Å²) in [7, 11) is 0.824. The van der Waals surface area contributed by atoms with Crippen LogP contribution in [-0.4, -0.2) is 48.6 Å². The second-order valence-electron chi connectivity index (χ2n) is 4.29. The van der Waals surface area contributed by atoms with Gasteiger partial charge in [-0.05, 0) is 45.3 Å². The van der Waals surface area contributed by atoms with E-state index >= 15 is 0 Å². The van der Waals surface area contributed by atoms with Crippen LogP contribution in [0, 0.1) is 0 Å². The Bertz CT molecular complexity index is 587. The highest BCUT2D eigenvalue weighted by Crippen LogP contribution is 2.24. The van der Waals surface area contributed by atoms with Gasteiger partial charge in [-0.15, -0.1) is 0 Å². The van der Waals surface area contributed by atoms with Crippen molar-refractivity contribution in [2.24, 2.45) is 0 Å². The van der Waals surface area contributed by atoms with Gasteiger partial charge < -0.3 is 15.4 Å². The Morgan fingerprint density at radius 1 is 1.24 bits per heavy atom. The molecule has 118 valence electrons. The quantitative estimate of drug-likeness (QED) is 0.584. The van der Waals surface area contributed by atoms with Gasteiger partial charge in [-0.3, -0.25) is 4.79 Å². The molecule has 1 amide bonds. The molecule has 1 rings (SSSR count). The molecule has 0 aliphatic heterocycles.